The molecule has 0 aliphatic rings. The van der Waals surface area contributed by atoms with E-state index in [1.165, 1.54) is 10.6 Å². The molecule has 3 rings (SSSR count). The van der Waals surface area contributed by atoms with Gasteiger partial charge >= 0.3 is 11.7 Å². The fraction of sp³-hybridized carbons (Fsp3) is 0. The summed E-state index contributed by atoms with van der Waals surface area (Å²) >= 11 is 2.16. The largest absolute Gasteiger partial charge is 0.478 e. The molecule has 0 saturated heterocycles. The monoisotopic (exact) mass is 380 g/mol. The first-order chi connectivity index (χ1) is 9.58. The molecule has 0 fully saturated rings. The van der Waals surface area contributed by atoms with Crippen molar-refractivity contribution in [1.82, 2.24) is 9.55 Å². The van der Waals surface area contributed by atoms with Crippen LogP contribution in [0.3, 0.4) is 0 Å². The van der Waals surface area contributed by atoms with Crippen molar-refractivity contribution in [3.63, 3.8) is 0 Å². The molecule has 6 heteroatoms. The van der Waals surface area contributed by atoms with Crippen molar-refractivity contribution < 1.29 is 9.90 Å². The molecule has 100 valence electrons. The Kier molecular flexibility index (Phi) is 3.09. The molecule has 5 nitrogen and oxygen atoms in total. The molecule has 20 heavy (non-hydrogen) atoms. The Hall–Kier alpha value is -2.09. The Morgan fingerprint density at radius 1 is 1.20 bits per heavy atom. The highest BCUT2D eigenvalue weighted by atomic mass is 127. The van der Waals surface area contributed by atoms with Crippen LogP contribution in [0, 0.1) is 3.57 Å². The van der Waals surface area contributed by atoms with Crippen LogP contribution in [-0.4, -0.2) is 20.6 Å². The van der Waals surface area contributed by atoms with Crippen LogP contribution in [-0.2, 0) is 0 Å². The van der Waals surface area contributed by atoms with Crippen molar-refractivity contribution >= 4 is 39.6 Å². The number of carboxylic acid groups (broad SMARTS) is 1. The van der Waals surface area contributed by atoms with Crippen molar-refractivity contribution in [3.8, 4) is 5.69 Å². The lowest BCUT2D eigenvalue weighted by molar-refractivity contribution is 0.0699. The minimum atomic E-state index is -1.06. The van der Waals surface area contributed by atoms with Crippen LogP contribution < -0.4 is 5.69 Å². The molecule has 2 N–H and O–H groups in total. The Morgan fingerprint density at radius 2 is 1.95 bits per heavy atom. The van der Waals surface area contributed by atoms with Crippen molar-refractivity contribution in [2.45, 2.75) is 0 Å². The number of aromatic carboxylic acids is 1. The van der Waals surface area contributed by atoms with Gasteiger partial charge in [0, 0.05) is 3.57 Å². The van der Waals surface area contributed by atoms with E-state index in [2.05, 4.69) is 27.6 Å². The number of nitrogens with one attached hydrogen (secondary N) is 1. The summed E-state index contributed by atoms with van der Waals surface area (Å²) in [6.45, 7) is 0. The van der Waals surface area contributed by atoms with E-state index in [1.54, 1.807) is 12.1 Å². The summed E-state index contributed by atoms with van der Waals surface area (Å²) < 4.78 is 2.47. The third kappa shape index (κ3) is 2.01. The zero-order chi connectivity index (χ0) is 14.3. The van der Waals surface area contributed by atoms with Gasteiger partial charge in [-0.2, -0.15) is 0 Å². The molecule has 0 saturated carbocycles. The molecule has 0 spiro atoms. The fourth-order valence-corrected chi connectivity index (χ4v) is 2.71. The van der Waals surface area contributed by atoms with Crippen molar-refractivity contribution in [3.05, 3.63) is 62.1 Å². The summed E-state index contributed by atoms with van der Waals surface area (Å²) in [6, 6.07) is 12.3. The second kappa shape index (κ2) is 4.78. The summed E-state index contributed by atoms with van der Waals surface area (Å²) in [5, 5.41) is 9.17. The summed E-state index contributed by atoms with van der Waals surface area (Å²) in [4.78, 5) is 25.9. The second-order valence-corrected chi connectivity index (χ2v) is 5.50. The van der Waals surface area contributed by atoms with Crippen LogP contribution in [0.1, 0.15) is 10.4 Å². The second-order valence-electron chi connectivity index (χ2n) is 4.25. The van der Waals surface area contributed by atoms with Gasteiger partial charge in [-0.05, 0) is 52.9 Å². The predicted molar refractivity (Wildman–Crippen MR) is 83.6 cm³/mol. The van der Waals surface area contributed by atoms with E-state index >= 15 is 0 Å². The molecule has 0 radical (unpaired) electrons. The maximum absolute atomic E-state index is 12.1. The van der Waals surface area contributed by atoms with E-state index in [-0.39, 0.29) is 11.3 Å². The van der Waals surface area contributed by atoms with Crippen LogP contribution in [0.25, 0.3) is 16.7 Å². The Labute approximate surface area is 127 Å². The molecule has 0 aliphatic carbocycles. The third-order valence-corrected chi connectivity index (χ3v) is 3.69. The molecule has 2 aromatic carbocycles. The number of hydrogen-bond donors (Lipinski definition) is 2. The maximum atomic E-state index is 12.1. The van der Waals surface area contributed by atoms with Gasteiger partial charge in [0.1, 0.15) is 0 Å². The van der Waals surface area contributed by atoms with Crippen LogP contribution >= 0.6 is 22.6 Å². The smallest absolute Gasteiger partial charge is 0.337 e. The van der Waals surface area contributed by atoms with Gasteiger partial charge in [0.15, 0.2) is 0 Å². The third-order valence-electron chi connectivity index (χ3n) is 3.02. The average molecular weight is 380 g/mol. The summed E-state index contributed by atoms with van der Waals surface area (Å²) in [7, 11) is 0. The highest BCUT2D eigenvalue weighted by Gasteiger charge is 2.15. The van der Waals surface area contributed by atoms with Gasteiger partial charge in [0.25, 0.3) is 0 Å². The Balaban J connectivity index is 2.38. The lowest BCUT2D eigenvalue weighted by atomic mass is 10.2. The SMILES string of the molecule is O=C(O)c1cccc2c1[nH]c(=O)n2-c1cccc(I)c1. The Bertz CT molecular complexity index is 880. The first-order valence-corrected chi connectivity index (χ1v) is 6.89. The van der Waals surface area contributed by atoms with Crippen LogP contribution in [0.5, 0.6) is 0 Å². The number of nitrogens with zero attached hydrogens (tertiary/aromatic N) is 1. The number of aromatic nitrogens is 2. The van der Waals surface area contributed by atoms with Crippen LogP contribution in [0.4, 0.5) is 0 Å². The number of aromatic amines is 1. The van der Waals surface area contributed by atoms with Gasteiger partial charge in [-0.1, -0.05) is 12.1 Å². The standard InChI is InChI=1S/C14H9IN2O3/c15-8-3-1-4-9(7-8)17-11-6-2-5-10(13(18)19)12(11)16-14(17)20/h1-7H,(H,16,20)(H,18,19). The zero-order valence-electron chi connectivity index (χ0n) is 10.1. The van der Waals surface area contributed by atoms with Gasteiger partial charge in [0.05, 0.1) is 22.3 Å². The fourth-order valence-electron chi connectivity index (χ4n) is 2.18. The van der Waals surface area contributed by atoms with Gasteiger partial charge < -0.3 is 10.1 Å². The normalized spacial score (nSPS) is 10.8. The number of hydrogen-bond acceptors (Lipinski definition) is 2. The van der Waals surface area contributed by atoms with Gasteiger partial charge in [0.2, 0.25) is 0 Å². The van der Waals surface area contributed by atoms with E-state index in [0.29, 0.717) is 16.7 Å². The van der Waals surface area contributed by atoms with Gasteiger partial charge in [-0.25, -0.2) is 9.59 Å². The summed E-state index contributed by atoms with van der Waals surface area (Å²) in [6.07, 6.45) is 0. The first kappa shape index (κ1) is 12.9. The summed E-state index contributed by atoms with van der Waals surface area (Å²) in [5.74, 6) is -1.06. The minimum absolute atomic E-state index is 0.0870. The lowest BCUT2D eigenvalue weighted by Crippen LogP contribution is -2.14. The van der Waals surface area contributed by atoms with Crippen molar-refractivity contribution in [2.24, 2.45) is 0 Å². The average Bonchev–Trinajstić information content (AvgIpc) is 2.74. The molecule has 0 unspecified atom stereocenters. The molecule has 1 aromatic heterocycles. The molecule has 1 heterocycles. The molecule has 0 bridgehead atoms. The van der Waals surface area contributed by atoms with Crippen LogP contribution in [0.2, 0.25) is 0 Å². The Morgan fingerprint density at radius 3 is 2.65 bits per heavy atom. The topological polar surface area (TPSA) is 75.1 Å². The molecular weight excluding hydrogens is 371 g/mol. The lowest BCUT2D eigenvalue weighted by Gasteiger charge is -2.04. The molecule has 0 aliphatic heterocycles. The molecule has 0 atom stereocenters. The molecule has 3 aromatic rings. The van der Waals surface area contributed by atoms with E-state index in [9.17, 15) is 9.59 Å². The number of imidazole rings is 1. The molecule has 0 amide bonds. The first-order valence-electron chi connectivity index (χ1n) is 5.81. The molecular formula is C14H9IN2O3. The number of halogens is 1. The number of para-hydroxylation sites is 1. The van der Waals surface area contributed by atoms with E-state index < -0.39 is 5.97 Å². The number of carboxylic acids is 1. The van der Waals surface area contributed by atoms with Crippen molar-refractivity contribution in [2.75, 3.05) is 0 Å². The minimum Gasteiger partial charge on any atom is -0.478 e. The number of fused-ring (bicyclic) bond motifs is 1. The van der Waals surface area contributed by atoms with E-state index in [0.717, 1.165) is 3.57 Å². The highest BCUT2D eigenvalue weighted by molar-refractivity contribution is 14.1. The number of rotatable bonds is 2. The van der Waals surface area contributed by atoms with Gasteiger partial charge in [-0.3, -0.25) is 4.57 Å². The summed E-state index contributed by atoms with van der Waals surface area (Å²) in [5.41, 5.74) is 1.33. The van der Waals surface area contributed by atoms with Gasteiger partial charge in [-0.15, -0.1) is 0 Å². The van der Waals surface area contributed by atoms with Crippen LogP contribution in [0.15, 0.2) is 47.3 Å². The highest BCUT2D eigenvalue weighted by Crippen LogP contribution is 2.20. The van der Waals surface area contributed by atoms with E-state index in [4.69, 9.17) is 5.11 Å². The number of benzene rings is 2. The van der Waals surface area contributed by atoms with Crippen molar-refractivity contribution in [1.29, 1.82) is 0 Å². The number of carbonyl (C=O) groups is 1. The maximum Gasteiger partial charge on any atom is 0.337 e. The number of H-pyrrole nitrogens is 1. The predicted octanol–water partition coefficient (Wildman–Crippen LogP) is 2.62. The van der Waals surface area contributed by atoms with E-state index in [1.807, 2.05) is 24.3 Å². The quantitative estimate of drug-likeness (QED) is 0.672. The zero-order valence-corrected chi connectivity index (χ0v) is 12.3.